The maximum Gasteiger partial charge on any atom is 0.188 e. The summed E-state index contributed by atoms with van der Waals surface area (Å²) in [6.45, 7) is -0.582. The maximum absolute atomic E-state index is 12.7. The van der Waals surface area contributed by atoms with E-state index >= 15 is 0 Å². The van der Waals surface area contributed by atoms with E-state index in [-0.39, 0.29) is 0 Å². The molecular formula is C5H8BFO4. The molecule has 62 valence electrons. The molecule has 0 aliphatic carbocycles. The zero-order valence-electron chi connectivity index (χ0n) is 5.64. The van der Waals surface area contributed by atoms with E-state index in [4.69, 9.17) is 23.2 Å². The van der Waals surface area contributed by atoms with E-state index in [0.717, 1.165) is 0 Å². The Bertz CT molecular complexity index is 153. The van der Waals surface area contributed by atoms with Crippen molar-refractivity contribution in [2.24, 2.45) is 0 Å². The summed E-state index contributed by atoms with van der Waals surface area (Å²) in [6.07, 6.45) is -4.44. The number of hydrogen-bond acceptors (Lipinski definition) is 4. The molecule has 2 unspecified atom stereocenters. The van der Waals surface area contributed by atoms with Crippen molar-refractivity contribution in [3.05, 3.63) is 0 Å². The number of hydrogen-bond donors (Lipinski definition) is 3. The van der Waals surface area contributed by atoms with Crippen LogP contribution in [-0.4, -0.2) is 53.8 Å². The molecule has 0 aromatic carbocycles. The fourth-order valence-corrected chi connectivity index (χ4v) is 0.953. The highest BCUT2D eigenvalue weighted by molar-refractivity contribution is 6.14. The number of aliphatic hydroxyl groups is 3. The second-order valence-corrected chi connectivity index (χ2v) is 2.47. The van der Waals surface area contributed by atoms with Crippen molar-refractivity contribution in [1.29, 1.82) is 0 Å². The van der Waals surface area contributed by atoms with Crippen LogP contribution in [0.2, 0.25) is 0 Å². The first-order valence-corrected chi connectivity index (χ1v) is 3.11. The lowest BCUT2D eigenvalue weighted by molar-refractivity contribution is -0.117. The monoisotopic (exact) mass is 162 g/mol. The van der Waals surface area contributed by atoms with Crippen molar-refractivity contribution in [2.75, 3.05) is 6.61 Å². The first kappa shape index (κ1) is 8.93. The van der Waals surface area contributed by atoms with Crippen molar-refractivity contribution < 1.29 is 24.4 Å². The first-order valence-electron chi connectivity index (χ1n) is 3.11. The number of rotatable bonds is 1. The van der Waals surface area contributed by atoms with Crippen LogP contribution in [-0.2, 0) is 4.74 Å². The molecule has 2 radical (unpaired) electrons. The number of alkyl halides is 1. The Labute approximate surface area is 64.0 Å². The molecule has 0 aromatic rings. The van der Waals surface area contributed by atoms with E-state index in [1.807, 2.05) is 0 Å². The molecule has 3 N–H and O–H groups in total. The third-order valence-electron chi connectivity index (χ3n) is 1.62. The van der Waals surface area contributed by atoms with Gasteiger partial charge in [-0.05, 0) is 0 Å². The average molecular weight is 162 g/mol. The number of halogens is 1. The number of ether oxygens (including phenoxy) is 1. The quantitative estimate of drug-likeness (QED) is 0.386. The molecule has 0 amide bonds. The van der Waals surface area contributed by atoms with Gasteiger partial charge in [0.15, 0.2) is 13.6 Å². The summed E-state index contributed by atoms with van der Waals surface area (Å²) in [4.78, 5) is 0. The van der Waals surface area contributed by atoms with Gasteiger partial charge in [-0.15, -0.1) is 0 Å². The summed E-state index contributed by atoms with van der Waals surface area (Å²) in [6, 6.07) is 0. The van der Waals surface area contributed by atoms with E-state index in [9.17, 15) is 4.39 Å². The van der Waals surface area contributed by atoms with E-state index < -0.39 is 30.7 Å². The minimum absolute atomic E-state index is 0.582. The van der Waals surface area contributed by atoms with Crippen LogP contribution in [0.25, 0.3) is 0 Å². The zero-order chi connectivity index (χ0) is 8.65. The Kier molecular flexibility index (Phi) is 2.20. The van der Waals surface area contributed by atoms with Gasteiger partial charge in [0.05, 0.1) is 6.61 Å². The van der Waals surface area contributed by atoms with Gasteiger partial charge in [0.1, 0.15) is 18.3 Å². The van der Waals surface area contributed by atoms with E-state index in [1.54, 1.807) is 0 Å². The third-order valence-corrected chi connectivity index (χ3v) is 1.62. The molecule has 0 saturated carbocycles. The summed E-state index contributed by atoms with van der Waals surface area (Å²) >= 11 is 0. The Balaban J connectivity index is 2.69. The van der Waals surface area contributed by atoms with Gasteiger partial charge in [-0.25, -0.2) is 4.39 Å². The first-order chi connectivity index (χ1) is 4.99. The zero-order valence-corrected chi connectivity index (χ0v) is 5.64. The highest BCUT2D eigenvalue weighted by atomic mass is 19.2. The smallest absolute Gasteiger partial charge is 0.188 e. The molecule has 0 bridgehead atoms. The summed E-state index contributed by atoms with van der Waals surface area (Å²) in [5, 5.41) is 26.2. The van der Waals surface area contributed by atoms with Crippen molar-refractivity contribution in [1.82, 2.24) is 0 Å². The van der Waals surface area contributed by atoms with Gasteiger partial charge in [0, 0.05) is 0 Å². The molecule has 1 fully saturated rings. The standard InChI is InChI=1S/C5H8BFO4/c6-5(7)4(10)3(9)2(1-8)11-5/h2-4,8-10H,1H2/t2-,3?,4?,5-/m1/s1. The fourth-order valence-electron chi connectivity index (χ4n) is 0.953. The minimum Gasteiger partial charge on any atom is -0.394 e. The van der Waals surface area contributed by atoms with Gasteiger partial charge in [-0.1, -0.05) is 0 Å². The molecule has 1 aliphatic rings. The Hall–Kier alpha value is -0.165. The predicted molar refractivity (Wildman–Crippen MR) is 33.6 cm³/mol. The largest absolute Gasteiger partial charge is 0.394 e. The summed E-state index contributed by atoms with van der Waals surface area (Å²) in [5.74, 6) is -2.76. The van der Waals surface area contributed by atoms with Gasteiger partial charge in [-0.3, -0.25) is 0 Å². The molecule has 4 atom stereocenters. The molecule has 1 heterocycles. The van der Waals surface area contributed by atoms with Crippen LogP contribution in [0.4, 0.5) is 4.39 Å². The highest BCUT2D eigenvalue weighted by Crippen LogP contribution is 2.29. The van der Waals surface area contributed by atoms with Crippen LogP contribution in [0.1, 0.15) is 0 Å². The maximum atomic E-state index is 12.7. The Morgan fingerprint density at radius 1 is 1.55 bits per heavy atom. The van der Waals surface area contributed by atoms with Crippen LogP contribution < -0.4 is 0 Å². The SMILES string of the molecule is [B][C@]1(F)O[C@H](CO)C(O)C1O. The van der Waals surface area contributed by atoms with Crippen LogP contribution in [0.15, 0.2) is 0 Å². The second kappa shape index (κ2) is 2.71. The topological polar surface area (TPSA) is 69.9 Å². The molecule has 0 spiro atoms. The summed E-state index contributed by atoms with van der Waals surface area (Å²) in [5.41, 5.74) is 0. The van der Waals surface area contributed by atoms with Crippen LogP contribution in [0, 0.1) is 0 Å². The molecule has 1 rings (SSSR count). The van der Waals surface area contributed by atoms with E-state index in [0.29, 0.717) is 0 Å². The molecule has 1 saturated heterocycles. The second-order valence-electron chi connectivity index (χ2n) is 2.47. The van der Waals surface area contributed by atoms with Crippen molar-refractivity contribution in [2.45, 2.75) is 24.1 Å². The average Bonchev–Trinajstić information content (AvgIpc) is 2.13. The van der Waals surface area contributed by atoms with Gasteiger partial charge in [0.25, 0.3) is 0 Å². The lowest BCUT2D eigenvalue weighted by Gasteiger charge is -2.17. The van der Waals surface area contributed by atoms with Gasteiger partial charge in [-0.2, -0.15) is 0 Å². The third kappa shape index (κ3) is 1.39. The van der Waals surface area contributed by atoms with Gasteiger partial charge >= 0.3 is 0 Å². The minimum atomic E-state index is -2.76. The summed E-state index contributed by atoms with van der Waals surface area (Å²) < 4.78 is 17.0. The Morgan fingerprint density at radius 2 is 2.09 bits per heavy atom. The molecular weight excluding hydrogens is 154 g/mol. The summed E-state index contributed by atoms with van der Waals surface area (Å²) in [7, 11) is 4.77. The molecule has 6 heteroatoms. The van der Waals surface area contributed by atoms with Crippen LogP contribution in [0.5, 0.6) is 0 Å². The lowest BCUT2D eigenvalue weighted by Crippen LogP contribution is -2.39. The van der Waals surface area contributed by atoms with Gasteiger partial charge in [0.2, 0.25) is 0 Å². The lowest BCUT2D eigenvalue weighted by atomic mass is 9.90. The molecule has 0 aromatic heterocycles. The van der Waals surface area contributed by atoms with E-state index in [1.165, 1.54) is 0 Å². The highest BCUT2D eigenvalue weighted by Gasteiger charge is 2.50. The normalized spacial score (nSPS) is 51.5. The van der Waals surface area contributed by atoms with Crippen molar-refractivity contribution in [3.8, 4) is 0 Å². The number of aliphatic hydroxyl groups excluding tert-OH is 3. The van der Waals surface area contributed by atoms with E-state index in [2.05, 4.69) is 4.74 Å². The van der Waals surface area contributed by atoms with Crippen LogP contribution in [0.3, 0.4) is 0 Å². The molecule has 11 heavy (non-hydrogen) atoms. The van der Waals surface area contributed by atoms with Crippen LogP contribution >= 0.6 is 0 Å². The van der Waals surface area contributed by atoms with Crippen molar-refractivity contribution in [3.63, 3.8) is 0 Å². The molecule has 4 nitrogen and oxygen atoms in total. The predicted octanol–water partition coefficient (Wildman–Crippen LogP) is -2.11. The van der Waals surface area contributed by atoms with Crippen molar-refractivity contribution >= 4 is 7.85 Å². The molecule has 1 aliphatic heterocycles. The Morgan fingerprint density at radius 3 is 2.27 bits per heavy atom. The fraction of sp³-hybridized carbons (Fsp3) is 1.00. The van der Waals surface area contributed by atoms with Gasteiger partial charge < -0.3 is 20.1 Å².